The van der Waals surface area contributed by atoms with Gasteiger partial charge in [0.05, 0.1) is 12.5 Å². The summed E-state index contributed by atoms with van der Waals surface area (Å²) < 4.78 is 5.15. The number of fused-ring (bicyclic) bond motifs is 1. The maximum absolute atomic E-state index is 11.8. The quantitative estimate of drug-likeness (QED) is 0.635. The smallest absolute Gasteiger partial charge is 0.309 e. The zero-order valence-electron chi connectivity index (χ0n) is 9.59. The van der Waals surface area contributed by atoms with E-state index in [9.17, 15) is 4.79 Å². The number of rotatable bonds is 2. The zero-order chi connectivity index (χ0) is 10.6. The van der Waals surface area contributed by atoms with Gasteiger partial charge < -0.3 is 4.74 Å². The molecule has 0 amide bonds. The Kier molecular flexibility index (Phi) is 1.96. The average molecular weight is 196 g/mol. The van der Waals surface area contributed by atoms with E-state index in [-0.39, 0.29) is 17.3 Å². The highest BCUT2D eigenvalue weighted by atomic mass is 16.5. The van der Waals surface area contributed by atoms with Gasteiger partial charge in [-0.25, -0.2) is 0 Å². The number of hydrogen-bond donors (Lipinski definition) is 0. The molecule has 0 heterocycles. The van der Waals surface area contributed by atoms with Crippen LogP contribution in [0.1, 0.15) is 40.5 Å². The number of ether oxygens (including phenoxy) is 1. The third kappa shape index (κ3) is 0.896. The van der Waals surface area contributed by atoms with Gasteiger partial charge in [-0.2, -0.15) is 0 Å². The van der Waals surface area contributed by atoms with Gasteiger partial charge in [0, 0.05) is 0 Å². The van der Waals surface area contributed by atoms with Crippen molar-refractivity contribution >= 4 is 5.97 Å². The third-order valence-electron chi connectivity index (χ3n) is 5.00. The fraction of sp³-hybridized carbons (Fsp3) is 0.917. The summed E-state index contributed by atoms with van der Waals surface area (Å²) in [6, 6.07) is 0. The zero-order valence-corrected chi connectivity index (χ0v) is 9.59. The summed E-state index contributed by atoms with van der Waals surface area (Å²) in [6.45, 7) is 9.23. The van der Waals surface area contributed by atoms with Crippen molar-refractivity contribution in [3.8, 4) is 0 Å². The molecule has 2 bridgehead atoms. The van der Waals surface area contributed by atoms with Crippen LogP contribution in [0.15, 0.2) is 0 Å². The lowest BCUT2D eigenvalue weighted by Gasteiger charge is -2.58. The van der Waals surface area contributed by atoms with Gasteiger partial charge in [-0.05, 0) is 36.5 Å². The lowest BCUT2D eigenvalue weighted by Crippen LogP contribution is -2.58. The van der Waals surface area contributed by atoms with Crippen LogP contribution in [0.25, 0.3) is 0 Å². The summed E-state index contributed by atoms with van der Waals surface area (Å²) in [5, 5.41) is 0. The fourth-order valence-corrected chi connectivity index (χ4v) is 3.71. The van der Waals surface area contributed by atoms with E-state index < -0.39 is 0 Å². The second-order valence-electron chi connectivity index (χ2n) is 5.51. The molecule has 2 heteroatoms. The van der Waals surface area contributed by atoms with Crippen LogP contribution in [0, 0.1) is 22.7 Å². The number of esters is 1. The molecule has 14 heavy (non-hydrogen) atoms. The highest BCUT2D eigenvalue weighted by Crippen LogP contribution is 2.73. The third-order valence-corrected chi connectivity index (χ3v) is 5.00. The van der Waals surface area contributed by atoms with Crippen LogP contribution in [-0.4, -0.2) is 12.6 Å². The van der Waals surface area contributed by atoms with Gasteiger partial charge in [-0.15, -0.1) is 0 Å². The lowest BCUT2D eigenvalue weighted by atomic mass is 9.45. The minimum Gasteiger partial charge on any atom is -0.466 e. The average Bonchev–Trinajstić information content (AvgIpc) is 2.56. The molecule has 0 N–H and O–H groups in total. The van der Waals surface area contributed by atoms with Crippen LogP contribution in [-0.2, 0) is 9.53 Å². The summed E-state index contributed by atoms with van der Waals surface area (Å²) in [5.41, 5.74) is 0.536. The van der Waals surface area contributed by atoms with Crippen LogP contribution in [0.3, 0.4) is 0 Å². The van der Waals surface area contributed by atoms with E-state index in [1.165, 1.54) is 12.8 Å². The molecule has 0 aromatic carbocycles. The molecule has 0 aliphatic heterocycles. The Labute approximate surface area is 86.0 Å². The van der Waals surface area contributed by atoms with E-state index in [2.05, 4.69) is 20.8 Å². The van der Waals surface area contributed by atoms with E-state index >= 15 is 0 Å². The van der Waals surface area contributed by atoms with E-state index in [1.807, 2.05) is 6.92 Å². The molecule has 3 rings (SSSR count). The first kappa shape index (κ1) is 10.0. The molecule has 1 unspecified atom stereocenters. The molecule has 2 nitrogen and oxygen atoms in total. The Morgan fingerprint density at radius 2 is 2.07 bits per heavy atom. The van der Waals surface area contributed by atoms with Gasteiger partial charge in [-0.3, -0.25) is 4.79 Å². The summed E-state index contributed by atoms with van der Waals surface area (Å²) in [4.78, 5) is 11.8. The Balaban J connectivity index is 2.16. The number of hydrogen-bond acceptors (Lipinski definition) is 2. The van der Waals surface area contributed by atoms with Crippen LogP contribution in [0.2, 0.25) is 0 Å². The highest BCUT2D eigenvalue weighted by Gasteiger charge is 2.71. The second kappa shape index (κ2) is 2.74. The number of carbonyl (C=O) groups excluding carboxylic acids is 1. The molecule has 0 aromatic rings. The predicted octanol–water partition coefficient (Wildman–Crippen LogP) is 2.62. The van der Waals surface area contributed by atoms with E-state index in [0.717, 1.165) is 0 Å². The fourth-order valence-electron chi connectivity index (χ4n) is 3.71. The molecule has 3 aliphatic carbocycles. The maximum Gasteiger partial charge on any atom is 0.309 e. The van der Waals surface area contributed by atoms with Crippen molar-refractivity contribution in [1.29, 1.82) is 0 Å². The van der Waals surface area contributed by atoms with E-state index in [0.29, 0.717) is 17.9 Å². The summed E-state index contributed by atoms with van der Waals surface area (Å²) in [5.74, 6) is 0.779. The SMILES string of the molecule is CCOC(=O)C1[C@@H]2CC[C@@]1(C)C2(C)C. The minimum atomic E-state index is 0.0387. The van der Waals surface area contributed by atoms with Crippen LogP contribution in [0.5, 0.6) is 0 Å². The van der Waals surface area contributed by atoms with Gasteiger partial charge in [0.15, 0.2) is 0 Å². The molecule has 0 spiro atoms. The first-order chi connectivity index (χ1) is 6.45. The Hall–Kier alpha value is -0.530. The summed E-state index contributed by atoms with van der Waals surface area (Å²) >= 11 is 0. The molecule has 0 radical (unpaired) electrons. The summed E-state index contributed by atoms with van der Waals surface area (Å²) in [7, 11) is 0. The number of carbonyl (C=O) groups is 1. The first-order valence-electron chi connectivity index (χ1n) is 5.62. The van der Waals surface area contributed by atoms with Crippen molar-refractivity contribution in [2.45, 2.75) is 40.5 Å². The van der Waals surface area contributed by atoms with Crippen molar-refractivity contribution < 1.29 is 9.53 Å². The molecular weight excluding hydrogens is 176 g/mol. The molecule has 3 saturated carbocycles. The molecular formula is C12H20O2. The molecule has 3 atom stereocenters. The topological polar surface area (TPSA) is 26.3 Å². The Morgan fingerprint density at radius 3 is 2.43 bits per heavy atom. The minimum absolute atomic E-state index is 0.0387. The van der Waals surface area contributed by atoms with Gasteiger partial charge in [0.2, 0.25) is 0 Å². The Bertz CT molecular complexity index is 269. The van der Waals surface area contributed by atoms with E-state index in [1.54, 1.807) is 0 Å². The monoisotopic (exact) mass is 196 g/mol. The lowest BCUT2D eigenvalue weighted by molar-refractivity contribution is -0.183. The highest BCUT2D eigenvalue weighted by molar-refractivity contribution is 5.76. The molecule has 0 saturated heterocycles. The maximum atomic E-state index is 11.8. The van der Waals surface area contributed by atoms with Crippen molar-refractivity contribution in [2.75, 3.05) is 6.61 Å². The van der Waals surface area contributed by atoms with Crippen LogP contribution >= 0.6 is 0 Å². The predicted molar refractivity (Wildman–Crippen MR) is 54.7 cm³/mol. The largest absolute Gasteiger partial charge is 0.466 e. The van der Waals surface area contributed by atoms with Crippen molar-refractivity contribution in [3.63, 3.8) is 0 Å². The van der Waals surface area contributed by atoms with Crippen molar-refractivity contribution in [1.82, 2.24) is 0 Å². The van der Waals surface area contributed by atoms with Crippen molar-refractivity contribution in [2.24, 2.45) is 22.7 Å². The standard InChI is InChI=1S/C12H20O2/c1-5-14-10(13)9-8-6-7-12(9,4)11(8,2)3/h8-9H,5-7H2,1-4H3/t8-,9?,12+/m0/s1. The van der Waals surface area contributed by atoms with Gasteiger partial charge >= 0.3 is 5.97 Å². The van der Waals surface area contributed by atoms with Gasteiger partial charge in [0.1, 0.15) is 0 Å². The molecule has 3 aliphatic rings. The van der Waals surface area contributed by atoms with Crippen molar-refractivity contribution in [3.05, 3.63) is 0 Å². The first-order valence-corrected chi connectivity index (χ1v) is 5.62. The van der Waals surface area contributed by atoms with Crippen LogP contribution < -0.4 is 0 Å². The van der Waals surface area contributed by atoms with E-state index in [4.69, 9.17) is 4.74 Å². The normalized spacial score (nSPS) is 43.1. The second-order valence-corrected chi connectivity index (χ2v) is 5.51. The van der Waals surface area contributed by atoms with Gasteiger partial charge in [0.25, 0.3) is 0 Å². The van der Waals surface area contributed by atoms with Crippen LogP contribution in [0.4, 0.5) is 0 Å². The summed E-state index contributed by atoms with van der Waals surface area (Å²) in [6.07, 6.45) is 2.39. The van der Waals surface area contributed by atoms with Gasteiger partial charge in [-0.1, -0.05) is 20.8 Å². The molecule has 3 fully saturated rings. The molecule has 0 aromatic heterocycles. The molecule has 80 valence electrons. The Morgan fingerprint density at radius 1 is 1.43 bits per heavy atom.